The van der Waals surface area contributed by atoms with Gasteiger partial charge in [0, 0.05) is 0 Å². The van der Waals surface area contributed by atoms with Gasteiger partial charge in [-0.25, -0.2) is 12.8 Å². The van der Waals surface area contributed by atoms with Crippen molar-refractivity contribution in [3.8, 4) is 11.5 Å². The van der Waals surface area contributed by atoms with Crippen molar-refractivity contribution in [2.24, 2.45) is 0 Å². The molecule has 0 saturated heterocycles. The van der Waals surface area contributed by atoms with E-state index in [1.807, 2.05) is 6.07 Å². The molecule has 1 aliphatic rings. The number of rotatable bonds is 7. The molecule has 0 bridgehead atoms. The molecule has 0 spiro atoms. The summed E-state index contributed by atoms with van der Waals surface area (Å²) in [6.45, 7) is 4.47. The Hall–Kier alpha value is -2.81. The van der Waals surface area contributed by atoms with Crippen LogP contribution in [0, 0.1) is 5.82 Å². The van der Waals surface area contributed by atoms with Crippen LogP contribution in [0.25, 0.3) is 0 Å². The van der Waals surface area contributed by atoms with E-state index in [-0.39, 0.29) is 12.1 Å². The van der Waals surface area contributed by atoms with Gasteiger partial charge < -0.3 is 14.8 Å². The van der Waals surface area contributed by atoms with Gasteiger partial charge in [0.25, 0.3) is 0 Å². The third-order valence-corrected chi connectivity index (χ3v) is 6.02. The Kier molecular flexibility index (Phi) is 6.50. The standard InChI is InChI=1S/C21H25FN2O5S/c1-4-18(24(30(3,26)27)17-8-6-16(22)7-9-17)21(25)23-14(2)15-5-10-19-20(13-15)29-12-11-28-19/h5-10,13-14,18H,4,11-12H2,1-3H3,(H,23,25)/t14-,18+/m1/s1. The fraction of sp³-hybridized carbons (Fsp3) is 0.381. The van der Waals surface area contributed by atoms with Crippen molar-refractivity contribution in [3.05, 3.63) is 53.8 Å². The van der Waals surface area contributed by atoms with Gasteiger partial charge in [-0.1, -0.05) is 13.0 Å². The lowest BCUT2D eigenvalue weighted by atomic mass is 10.1. The minimum Gasteiger partial charge on any atom is -0.486 e. The van der Waals surface area contributed by atoms with Crippen LogP contribution in [0.3, 0.4) is 0 Å². The molecule has 7 nitrogen and oxygen atoms in total. The summed E-state index contributed by atoms with van der Waals surface area (Å²) >= 11 is 0. The Labute approximate surface area is 175 Å². The topological polar surface area (TPSA) is 84.9 Å². The minimum absolute atomic E-state index is 0.230. The molecule has 0 radical (unpaired) electrons. The van der Waals surface area contributed by atoms with Crippen LogP contribution >= 0.6 is 0 Å². The number of anilines is 1. The average Bonchev–Trinajstić information content (AvgIpc) is 2.71. The van der Waals surface area contributed by atoms with E-state index < -0.39 is 33.8 Å². The molecule has 0 aromatic heterocycles. The zero-order valence-electron chi connectivity index (χ0n) is 17.1. The van der Waals surface area contributed by atoms with Gasteiger partial charge >= 0.3 is 0 Å². The fourth-order valence-electron chi connectivity index (χ4n) is 3.37. The number of benzene rings is 2. The molecule has 1 heterocycles. The second-order valence-corrected chi connectivity index (χ2v) is 8.95. The van der Waals surface area contributed by atoms with E-state index in [1.165, 1.54) is 12.1 Å². The third kappa shape index (κ3) is 4.84. The summed E-state index contributed by atoms with van der Waals surface area (Å²) in [5, 5.41) is 2.87. The van der Waals surface area contributed by atoms with Crippen molar-refractivity contribution in [2.75, 3.05) is 23.8 Å². The second kappa shape index (κ2) is 8.91. The van der Waals surface area contributed by atoms with Gasteiger partial charge in [-0.15, -0.1) is 0 Å². The summed E-state index contributed by atoms with van der Waals surface area (Å²) in [7, 11) is -3.79. The van der Waals surface area contributed by atoms with Crippen molar-refractivity contribution in [2.45, 2.75) is 32.4 Å². The molecule has 2 aromatic carbocycles. The number of hydrogen-bond donors (Lipinski definition) is 1. The number of halogens is 1. The van der Waals surface area contributed by atoms with Crippen molar-refractivity contribution in [1.29, 1.82) is 0 Å². The number of carbonyl (C=O) groups excluding carboxylic acids is 1. The van der Waals surface area contributed by atoms with E-state index >= 15 is 0 Å². The summed E-state index contributed by atoms with van der Waals surface area (Å²) in [6, 6.07) is 9.05. The van der Waals surface area contributed by atoms with Crippen LogP contribution in [-0.2, 0) is 14.8 Å². The zero-order chi connectivity index (χ0) is 21.9. The zero-order valence-corrected chi connectivity index (χ0v) is 17.9. The normalized spacial score (nSPS) is 15.2. The van der Waals surface area contributed by atoms with E-state index in [0.29, 0.717) is 24.7 Å². The highest BCUT2D eigenvalue weighted by Gasteiger charge is 2.32. The molecule has 30 heavy (non-hydrogen) atoms. The first-order chi connectivity index (χ1) is 14.2. The largest absolute Gasteiger partial charge is 0.486 e. The summed E-state index contributed by atoms with van der Waals surface area (Å²) in [5.41, 5.74) is 1.03. The van der Waals surface area contributed by atoms with E-state index in [2.05, 4.69) is 5.32 Å². The molecule has 9 heteroatoms. The number of amides is 1. The molecule has 1 aliphatic heterocycles. The highest BCUT2D eigenvalue weighted by atomic mass is 32.2. The number of nitrogens with one attached hydrogen (secondary N) is 1. The molecule has 2 atom stereocenters. The van der Waals surface area contributed by atoms with Gasteiger partial charge in [-0.05, 0) is 55.3 Å². The molecule has 1 amide bonds. The van der Waals surface area contributed by atoms with Crippen LogP contribution in [-0.4, -0.2) is 39.8 Å². The fourth-order valence-corrected chi connectivity index (χ4v) is 4.58. The Balaban J connectivity index is 1.82. The highest BCUT2D eigenvalue weighted by molar-refractivity contribution is 7.92. The van der Waals surface area contributed by atoms with Crippen molar-refractivity contribution < 1.29 is 27.1 Å². The van der Waals surface area contributed by atoms with E-state index in [4.69, 9.17) is 9.47 Å². The van der Waals surface area contributed by atoms with Crippen molar-refractivity contribution in [3.63, 3.8) is 0 Å². The Morgan fingerprint density at radius 2 is 1.77 bits per heavy atom. The first-order valence-corrected chi connectivity index (χ1v) is 11.5. The van der Waals surface area contributed by atoms with Crippen LogP contribution < -0.4 is 19.1 Å². The summed E-state index contributed by atoms with van der Waals surface area (Å²) in [6.07, 6.45) is 1.26. The Bertz CT molecular complexity index is 1010. The molecule has 3 rings (SSSR count). The summed E-state index contributed by atoms with van der Waals surface area (Å²) < 4.78 is 50.3. The lowest BCUT2D eigenvalue weighted by Crippen LogP contribution is -2.49. The van der Waals surface area contributed by atoms with E-state index in [0.717, 1.165) is 28.3 Å². The van der Waals surface area contributed by atoms with E-state index in [1.54, 1.807) is 26.0 Å². The number of sulfonamides is 1. The molecular weight excluding hydrogens is 411 g/mol. The lowest BCUT2D eigenvalue weighted by molar-refractivity contribution is -0.122. The third-order valence-electron chi connectivity index (χ3n) is 4.84. The first-order valence-electron chi connectivity index (χ1n) is 9.65. The molecule has 2 aromatic rings. The number of fused-ring (bicyclic) bond motifs is 1. The maximum atomic E-state index is 13.3. The number of carbonyl (C=O) groups is 1. The molecule has 0 fully saturated rings. The second-order valence-electron chi connectivity index (χ2n) is 7.09. The number of nitrogens with zero attached hydrogens (tertiary/aromatic N) is 1. The molecule has 1 N–H and O–H groups in total. The Morgan fingerprint density at radius 1 is 1.13 bits per heavy atom. The van der Waals surface area contributed by atoms with Crippen LogP contribution in [0.5, 0.6) is 11.5 Å². The SMILES string of the molecule is CC[C@@H](C(=O)N[C@H](C)c1ccc2c(c1)OCCO2)N(c1ccc(F)cc1)S(C)(=O)=O. The lowest BCUT2D eigenvalue weighted by Gasteiger charge is -2.31. The van der Waals surface area contributed by atoms with Gasteiger partial charge in [0.2, 0.25) is 15.9 Å². The highest BCUT2D eigenvalue weighted by Crippen LogP contribution is 2.32. The molecular formula is C21H25FN2O5S. The summed E-state index contributed by atoms with van der Waals surface area (Å²) in [5.74, 6) is 0.317. The van der Waals surface area contributed by atoms with Gasteiger partial charge in [0.1, 0.15) is 25.1 Å². The van der Waals surface area contributed by atoms with Crippen LogP contribution in [0.4, 0.5) is 10.1 Å². The maximum Gasteiger partial charge on any atom is 0.244 e. The van der Waals surface area contributed by atoms with Gasteiger partial charge in [-0.2, -0.15) is 0 Å². The predicted octanol–water partition coefficient (Wildman–Crippen LogP) is 3.02. The van der Waals surface area contributed by atoms with Gasteiger partial charge in [0.05, 0.1) is 18.0 Å². The monoisotopic (exact) mass is 436 g/mol. The van der Waals surface area contributed by atoms with Gasteiger partial charge in [0.15, 0.2) is 11.5 Å². The average molecular weight is 437 g/mol. The number of hydrogen-bond acceptors (Lipinski definition) is 5. The molecule has 0 saturated carbocycles. The van der Waals surface area contributed by atoms with Crippen LogP contribution in [0.15, 0.2) is 42.5 Å². The Morgan fingerprint density at radius 3 is 2.37 bits per heavy atom. The van der Waals surface area contributed by atoms with Crippen LogP contribution in [0.1, 0.15) is 31.9 Å². The predicted molar refractivity (Wildman–Crippen MR) is 112 cm³/mol. The first kappa shape index (κ1) is 21.9. The van der Waals surface area contributed by atoms with Gasteiger partial charge in [-0.3, -0.25) is 9.10 Å². The summed E-state index contributed by atoms with van der Waals surface area (Å²) in [4.78, 5) is 13.0. The van der Waals surface area contributed by atoms with Crippen LogP contribution in [0.2, 0.25) is 0 Å². The molecule has 0 aliphatic carbocycles. The maximum absolute atomic E-state index is 13.3. The number of ether oxygens (including phenoxy) is 2. The van der Waals surface area contributed by atoms with Crippen molar-refractivity contribution in [1.82, 2.24) is 5.32 Å². The molecule has 162 valence electrons. The molecule has 0 unspecified atom stereocenters. The quantitative estimate of drug-likeness (QED) is 0.721. The smallest absolute Gasteiger partial charge is 0.244 e. The minimum atomic E-state index is -3.79. The van der Waals surface area contributed by atoms with Crippen molar-refractivity contribution >= 4 is 21.6 Å². The van der Waals surface area contributed by atoms with E-state index in [9.17, 15) is 17.6 Å².